The first-order chi connectivity index (χ1) is 13.2. The first-order valence-corrected chi connectivity index (χ1v) is 9.50. The Morgan fingerprint density at radius 3 is 2.70 bits per heavy atom. The molecule has 2 aromatic carbocycles. The maximum atomic E-state index is 8.34. The highest BCUT2D eigenvalue weighted by molar-refractivity contribution is 5.30. The second-order valence-electron chi connectivity index (χ2n) is 7.00. The number of benzene rings is 2. The van der Waals surface area contributed by atoms with Gasteiger partial charge in [0.2, 0.25) is 0 Å². The van der Waals surface area contributed by atoms with Gasteiger partial charge in [0, 0.05) is 23.5 Å². The Labute approximate surface area is 160 Å². The average Bonchev–Trinajstić information content (AvgIpc) is 2.71. The summed E-state index contributed by atoms with van der Waals surface area (Å²) >= 11 is 0. The smallest absolute Gasteiger partial charge is 0.167 e. The predicted molar refractivity (Wildman–Crippen MR) is 107 cm³/mol. The summed E-state index contributed by atoms with van der Waals surface area (Å²) in [6.07, 6.45) is 2.31. The van der Waals surface area contributed by atoms with Crippen LogP contribution in [0.25, 0.3) is 10.4 Å². The summed E-state index contributed by atoms with van der Waals surface area (Å²) in [5, 5.41) is 7.16. The van der Waals surface area contributed by atoms with Crippen molar-refractivity contribution >= 4 is 0 Å². The number of ether oxygens (including phenoxy) is 1. The Hall–Kier alpha value is -2.53. The molecule has 0 saturated carbocycles. The number of nitrogens with zero attached hydrogens (tertiary/aromatic N) is 4. The van der Waals surface area contributed by atoms with E-state index < -0.39 is 0 Å². The van der Waals surface area contributed by atoms with Gasteiger partial charge in [0.15, 0.2) is 6.73 Å². The summed E-state index contributed by atoms with van der Waals surface area (Å²) in [5.74, 6) is 0.728. The minimum Gasteiger partial charge on any atom is -0.488 e. The fourth-order valence-electron chi connectivity index (χ4n) is 3.55. The molecule has 1 heterocycles. The van der Waals surface area contributed by atoms with Gasteiger partial charge < -0.3 is 10.1 Å². The number of likely N-dealkylation sites (tertiary alicyclic amines) is 1. The summed E-state index contributed by atoms with van der Waals surface area (Å²) in [4.78, 5) is 5.23. The van der Waals surface area contributed by atoms with Gasteiger partial charge in [-0.15, -0.1) is 0 Å². The molecule has 1 aliphatic heterocycles. The maximum absolute atomic E-state index is 8.34. The van der Waals surface area contributed by atoms with E-state index in [9.17, 15) is 0 Å². The van der Waals surface area contributed by atoms with Crippen LogP contribution in [0.4, 0.5) is 0 Å². The molecule has 0 aliphatic carbocycles. The molecule has 27 heavy (non-hydrogen) atoms. The number of hydrogen-bond acceptors (Lipinski definition) is 4. The zero-order valence-electron chi connectivity index (χ0n) is 15.8. The van der Waals surface area contributed by atoms with Crippen LogP contribution in [-0.2, 0) is 6.54 Å². The lowest BCUT2D eigenvalue weighted by atomic mass is 10.0. The van der Waals surface area contributed by atoms with Crippen molar-refractivity contribution in [3.63, 3.8) is 0 Å². The highest BCUT2D eigenvalue weighted by atomic mass is 16.5. The zero-order chi connectivity index (χ0) is 18.9. The van der Waals surface area contributed by atoms with Crippen LogP contribution in [-0.4, -0.2) is 30.8 Å². The second-order valence-corrected chi connectivity index (χ2v) is 7.00. The standard InChI is InChI=1S/C21H27N5O/c1-17(19-8-5-9-21(14-19)27-16-23-25-22)24-20-10-12-26(13-11-20)15-18-6-3-2-4-7-18/h2-9,14,17,20,24H,10-13,15-16H2,1H3/t17-/m0/s1. The Kier molecular flexibility index (Phi) is 7.11. The SMILES string of the molecule is C[C@H](NC1CCN(Cc2ccccc2)CC1)c1cccc(OCN=[N+]=[N-])c1. The largest absolute Gasteiger partial charge is 0.488 e. The molecule has 1 aliphatic rings. The molecule has 1 saturated heterocycles. The summed E-state index contributed by atoms with van der Waals surface area (Å²) in [6.45, 7) is 5.47. The monoisotopic (exact) mass is 365 g/mol. The molecular formula is C21H27N5O. The van der Waals surface area contributed by atoms with Crippen molar-refractivity contribution in [2.75, 3.05) is 19.8 Å². The Balaban J connectivity index is 1.47. The number of rotatable bonds is 8. The van der Waals surface area contributed by atoms with Crippen LogP contribution >= 0.6 is 0 Å². The minimum absolute atomic E-state index is 0.0155. The number of nitrogens with one attached hydrogen (secondary N) is 1. The molecule has 3 rings (SSSR count). The Bertz CT molecular complexity index is 752. The van der Waals surface area contributed by atoms with Crippen LogP contribution < -0.4 is 10.1 Å². The van der Waals surface area contributed by atoms with Gasteiger partial charge >= 0.3 is 0 Å². The van der Waals surface area contributed by atoms with Gasteiger partial charge in [0.05, 0.1) is 0 Å². The van der Waals surface area contributed by atoms with Gasteiger partial charge in [-0.3, -0.25) is 4.90 Å². The topological polar surface area (TPSA) is 73.3 Å². The van der Waals surface area contributed by atoms with E-state index in [1.807, 2.05) is 18.2 Å². The van der Waals surface area contributed by atoms with E-state index in [-0.39, 0.29) is 12.8 Å². The van der Waals surface area contributed by atoms with Crippen molar-refractivity contribution in [1.29, 1.82) is 0 Å². The van der Waals surface area contributed by atoms with E-state index >= 15 is 0 Å². The highest BCUT2D eigenvalue weighted by Gasteiger charge is 2.21. The number of piperidine rings is 1. The van der Waals surface area contributed by atoms with Crippen LogP contribution in [0.15, 0.2) is 59.7 Å². The van der Waals surface area contributed by atoms with E-state index in [2.05, 4.69) is 63.6 Å². The lowest BCUT2D eigenvalue weighted by molar-refractivity contribution is 0.185. The van der Waals surface area contributed by atoms with Crippen molar-refractivity contribution in [2.45, 2.75) is 38.4 Å². The molecule has 2 aromatic rings. The van der Waals surface area contributed by atoms with E-state index in [0.29, 0.717) is 6.04 Å². The van der Waals surface area contributed by atoms with Crippen LogP contribution in [0.5, 0.6) is 5.75 Å². The summed E-state index contributed by atoms with van der Waals surface area (Å²) in [7, 11) is 0. The molecule has 0 radical (unpaired) electrons. The third kappa shape index (κ3) is 6.00. The fraction of sp³-hybridized carbons (Fsp3) is 0.429. The van der Waals surface area contributed by atoms with E-state index in [4.69, 9.17) is 10.3 Å². The quantitative estimate of drug-likeness (QED) is 0.420. The van der Waals surface area contributed by atoms with Crippen LogP contribution in [0, 0.1) is 0 Å². The van der Waals surface area contributed by atoms with Crippen LogP contribution in [0.2, 0.25) is 0 Å². The third-order valence-corrected chi connectivity index (χ3v) is 5.03. The summed E-state index contributed by atoms with van der Waals surface area (Å²) < 4.78 is 5.44. The molecule has 0 amide bonds. The first-order valence-electron chi connectivity index (χ1n) is 9.50. The zero-order valence-corrected chi connectivity index (χ0v) is 15.8. The molecule has 0 spiro atoms. The van der Waals surface area contributed by atoms with E-state index in [0.717, 1.165) is 38.2 Å². The van der Waals surface area contributed by atoms with Gasteiger partial charge in [-0.2, -0.15) is 0 Å². The molecule has 0 aromatic heterocycles. The van der Waals surface area contributed by atoms with Crippen LogP contribution in [0.1, 0.15) is 36.9 Å². The third-order valence-electron chi connectivity index (χ3n) is 5.03. The average molecular weight is 365 g/mol. The lowest BCUT2D eigenvalue weighted by Crippen LogP contribution is -2.42. The molecule has 1 fully saturated rings. The van der Waals surface area contributed by atoms with E-state index in [1.165, 1.54) is 11.1 Å². The van der Waals surface area contributed by atoms with Gasteiger partial charge in [-0.1, -0.05) is 47.6 Å². The van der Waals surface area contributed by atoms with Crippen molar-refractivity contribution in [1.82, 2.24) is 10.2 Å². The molecule has 6 heteroatoms. The number of hydrogen-bond donors (Lipinski definition) is 1. The highest BCUT2D eigenvalue weighted by Crippen LogP contribution is 2.22. The molecule has 6 nitrogen and oxygen atoms in total. The van der Waals surface area contributed by atoms with Crippen molar-refractivity contribution in [2.24, 2.45) is 5.11 Å². The van der Waals surface area contributed by atoms with Gasteiger partial charge in [-0.05, 0) is 61.6 Å². The molecule has 1 N–H and O–H groups in total. The summed E-state index contributed by atoms with van der Waals surface area (Å²) in [6, 6.07) is 19.4. The van der Waals surface area contributed by atoms with E-state index in [1.54, 1.807) is 0 Å². The molecule has 142 valence electrons. The first kappa shape index (κ1) is 19.2. The Morgan fingerprint density at radius 2 is 1.96 bits per heavy atom. The number of azide groups is 1. The van der Waals surface area contributed by atoms with Gasteiger partial charge in [0.1, 0.15) is 5.75 Å². The van der Waals surface area contributed by atoms with Gasteiger partial charge in [0.25, 0.3) is 0 Å². The van der Waals surface area contributed by atoms with Crippen LogP contribution in [0.3, 0.4) is 0 Å². The van der Waals surface area contributed by atoms with Crippen molar-refractivity contribution in [3.8, 4) is 5.75 Å². The lowest BCUT2D eigenvalue weighted by Gasteiger charge is -2.34. The molecular weight excluding hydrogens is 338 g/mol. The van der Waals surface area contributed by atoms with Crippen molar-refractivity contribution < 1.29 is 4.74 Å². The van der Waals surface area contributed by atoms with Gasteiger partial charge in [-0.25, -0.2) is 0 Å². The summed E-state index contributed by atoms with van der Waals surface area (Å²) in [5.41, 5.74) is 10.9. The minimum atomic E-state index is 0.0155. The van der Waals surface area contributed by atoms with Crippen molar-refractivity contribution in [3.05, 3.63) is 76.2 Å². The second kappa shape index (κ2) is 9.97. The fourth-order valence-corrected chi connectivity index (χ4v) is 3.55. The Morgan fingerprint density at radius 1 is 1.19 bits per heavy atom. The maximum Gasteiger partial charge on any atom is 0.167 e. The normalized spacial score (nSPS) is 16.5. The molecule has 1 atom stereocenters. The predicted octanol–water partition coefficient (Wildman–Crippen LogP) is 4.65. The molecule has 0 bridgehead atoms. The molecule has 0 unspecified atom stereocenters.